The third kappa shape index (κ3) is 2.51. The summed E-state index contributed by atoms with van der Waals surface area (Å²) in [4.78, 5) is 16.3. The second-order valence-electron chi connectivity index (χ2n) is 5.48. The molecule has 0 spiro atoms. The molecule has 1 atom stereocenters. The van der Waals surface area contributed by atoms with Crippen LogP contribution < -0.4 is 0 Å². The molecule has 1 aromatic heterocycles. The van der Waals surface area contributed by atoms with Gasteiger partial charge in [0, 0.05) is 12.4 Å². The van der Waals surface area contributed by atoms with Crippen LogP contribution in [0.2, 0.25) is 0 Å². The van der Waals surface area contributed by atoms with E-state index in [0.717, 1.165) is 31.4 Å². The molecule has 1 aliphatic heterocycles. The summed E-state index contributed by atoms with van der Waals surface area (Å²) in [5.41, 5.74) is -0.399. The van der Waals surface area contributed by atoms with Crippen LogP contribution in [-0.4, -0.2) is 34.0 Å². The van der Waals surface area contributed by atoms with Crippen LogP contribution in [0.15, 0.2) is 4.52 Å². The van der Waals surface area contributed by atoms with Crippen molar-refractivity contribution in [3.05, 3.63) is 11.7 Å². The van der Waals surface area contributed by atoms with Crippen LogP contribution >= 0.6 is 11.8 Å². The van der Waals surface area contributed by atoms with Gasteiger partial charge < -0.3 is 9.26 Å². The molecule has 2 aliphatic rings. The number of rotatable bonds is 4. The average Bonchev–Trinajstić information content (AvgIpc) is 3.08. The lowest BCUT2D eigenvalue weighted by Gasteiger charge is -2.33. The first-order valence-electron chi connectivity index (χ1n) is 7.34. The van der Waals surface area contributed by atoms with Crippen molar-refractivity contribution in [2.75, 3.05) is 18.1 Å². The Morgan fingerprint density at radius 3 is 2.85 bits per heavy atom. The van der Waals surface area contributed by atoms with Gasteiger partial charge >= 0.3 is 0 Å². The second-order valence-corrected chi connectivity index (χ2v) is 6.51. The van der Waals surface area contributed by atoms with Crippen molar-refractivity contribution >= 4 is 17.5 Å². The zero-order valence-electron chi connectivity index (χ0n) is 11.8. The summed E-state index contributed by atoms with van der Waals surface area (Å²) in [6, 6.07) is 0. The molecule has 6 heteroatoms. The summed E-state index contributed by atoms with van der Waals surface area (Å²) in [6.45, 7) is 2.64. The van der Waals surface area contributed by atoms with Crippen LogP contribution in [0, 0.1) is 0 Å². The maximum Gasteiger partial charge on any atom is 0.238 e. The summed E-state index contributed by atoms with van der Waals surface area (Å²) in [7, 11) is 0. The molecule has 2 fully saturated rings. The summed E-state index contributed by atoms with van der Waals surface area (Å²) >= 11 is 1.63. The molecule has 20 heavy (non-hydrogen) atoms. The monoisotopic (exact) mass is 296 g/mol. The van der Waals surface area contributed by atoms with Crippen molar-refractivity contribution in [2.24, 2.45) is 0 Å². The van der Waals surface area contributed by atoms with Crippen molar-refractivity contribution in [1.82, 2.24) is 10.1 Å². The lowest BCUT2D eigenvalue weighted by atomic mass is 9.84. The Morgan fingerprint density at radius 2 is 2.20 bits per heavy atom. The van der Waals surface area contributed by atoms with Gasteiger partial charge in [-0.15, -0.1) is 0 Å². The first-order valence-corrected chi connectivity index (χ1v) is 8.49. The Labute approximate surface area is 122 Å². The molecule has 2 heterocycles. The maximum atomic E-state index is 11.8. The molecule has 1 saturated carbocycles. The lowest BCUT2D eigenvalue weighted by molar-refractivity contribution is -0.117. The quantitative estimate of drug-likeness (QED) is 0.851. The first kappa shape index (κ1) is 14.1. The fourth-order valence-electron chi connectivity index (χ4n) is 3.07. The molecule has 0 bridgehead atoms. The topological polar surface area (TPSA) is 65.2 Å². The predicted octanol–water partition coefficient (Wildman–Crippen LogP) is 2.67. The van der Waals surface area contributed by atoms with Gasteiger partial charge in [0.1, 0.15) is 11.5 Å². The molecule has 0 N–H and O–H groups in total. The van der Waals surface area contributed by atoms with E-state index in [1.165, 1.54) is 6.42 Å². The SMILES string of the molecule is CCOC1(c2noc(C3CSCC3=O)n2)CCCCC1. The molecule has 1 saturated heterocycles. The van der Waals surface area contributed by atoms with Gasteiger partial charge in [-0.1, -0.05) is 24.4 Å². The van der Waals surface area contributed by atoms with E-state index in [9.17, 15) is 4.79 Å². The highest BCUT2D eigenvalue weighted by atomic mass is 32.2. The van der Waals surface area contributed by atoms with Gasteiger partial charge in [-0.3, -0.25) is 4.79 Å². The Hall–Kier alpha value is -0.880. The van der Waals surface area contributed by atoms with Gasteiger partial charge in [0.15, 0.2) is 5.78 Å². The van der Waals surface area contributed by atoms with Crippen molar-refractivity contribution in [2.45, 2.75) is 50.5 Å². The van der Waals surface area contributed by atoms with Crippen molar-refractivity contribution in [3.63, 3.8) is 0 Å². The number of carbonyl (C=O) groups is 1. The molecule has 0 amide bonds. The molecular formula is C14H20N2O3S. The highest BCUT2D eigenvalue weighted by molar-refractivity contribution is 8.00. The smallest absolute Gasteiger partial charge is 0.238 e. The van der Waals surface area contributed by atoms with Crippen LogP contribution in [0.1, 0.15) is 56.7 Å². The number of ketones is 1. The molecule has 1 aromatic rings. The number of hydrogen-bond acceptors (Lipinski definition) is 6. The zero-order chi connectivity index (χ0) is 14.0. The van der Waals surface area contributed by atoms with E-state index in [1.54, 1.807) is 11.8 Å². The summed E-state index contributed by atoms with van der Waals surface area (Å²) in [5, 5.41) is 4.14. The fourth-order valence-corrected chi connectivity index (χ4v) is 4.16. The zero-order valence-corrected chi connectivity index (χ0v) is 12.6. The second kappa shape index (κ2) is 5.85. The van der Waals surface area contributed by atoms with Gasteiger partial charge in [-0.2, -0.15) is 16.7 Å². The minimum absolute atomic E-state index is 0.194. The van der Waals surface area contributed by atoms with Gasteiger partial charge in [0.05, 0.1) is 5.75 Å². The van der Waals surface area contributed by atoms with Gasteiger partial charge in [0.25, 0.3) is 0 Å². The highest BCUT2D eigenvalue weighted by Gasteiger charge is 2.41. The number of Topliss-reactive ketones (excluding diaryl/α,β-unsaturated/α-hetero) is 1. The van der Waals surface area contributed by atoms with Crippen LogP contribution in [0.5, 0.6) is 0 Å². The van der Waals surface area contributed by atoms with E-state index >= 15 is 0 Å². The first-order chi connectivity index (χ1) is 9.75. The Balaban J connectivity index is 1.85. The number of aromatic nitrogens is 2. The molecule has 110 valence electrons. The number of thioether (sulfide) groups is 1. The van der Waals surface area contributed by atoms with Crippen LogP contribution in [0.25, 0.3) is 0 Å². The Bertz CT molecular complexity index is 477. The van der Waals surface area contributed by atoms with E-state index in [0.29, 0.717) is 24.1 Å². The minimum atomic E-state index is -0.399. The fraction of sp³-hybridized carbons (Fsp3) is 0.786. The van der Waals surface area contributed by atoms with E-state index in [-0.39, 0.29) is 11.7 Å². The van der Waals surface area contributed by atoms with Crippen molar-refractivity contribution in [1.29, 1.82) is 0 Å². The Morgan fingerprint density at radius 1 is 1.40 bits per heavy atom. The van der Waals surface area contributed by atoms with Crippen LogP contribution in [0.4, 0.5) is 0 Å². The van der Waals surface area contributed by atoms with E-state index in [1.807, 2.05) is 6.92 Å². The standard InChI is InChI=1S/C14H20N2O3S/c1-2-18-14(6-4-3-5-7-14)13-15-12(19-16-13)10-8-20-9-11(10)17/h10H,2-9H2,1H3. The number of nitrogens with zero attached hydrogens (tertiary/aromatic N) is 2. The molecule has 1 aliphatic carbocycles. The molecular weight excluding hydrogens is 276 g/mol. The summed E-state index contributed by atoms with van der Waals surface area (Å²) in [5.74, 6) is 2.39. The van der Waals surface area contributed by atoms with Gasteiger partial charge in [0.2, 0.25) is 11.7 Å². The third-order valence-corrected chi connectivity index (χ3v) is 5.20. The highest BCUT2D eigenvalue weighted by Crippen LogP contribution is 2.40. The molecule has 3 rings (SSSR count). The third-order valence-electron chi connectivity index (χ3n) is 4.15. The normalized spacial score (nSPS) is 26.1. The summed E-state index contributed by atoms with van der Waals surface area (Å²) in [6.07, 6.45) is 5.36. The largest absolute Gasteiger partial charge is 0.367 e. The van der Waals surface area contributed by atoms with Gasteiger partial charge in [-0.25, -0.2) is 0 Å². The molecule has 0 radical (unpaired) electrons. The van der Waals surface area contributed by atoms with E-state index < -0.39 is 5.60 Å². The van der Waals surface area contributed by atoms with E-state index in [2.05, 4.69) is 10.1 Å². The maximum absolute atomic E-state index is 11.8. The Kier molecular flexibility index (Phi) is 4.12. The predicted molar refractivity (Wildman–Crippen MR) is 75.8 cm³/mol. The number of carbonyl (C=O) groups excluding carboxylic acids is 1. The molecule has 5 nitrogen and oxygen atoms in total. The minimum Gasteiger partial charge on any atom is -0.367 e. The average molecular weight is 296 g/mol. The molecule has 1 unspecified atom stereocenters. The van der Waals surface area contributed by atoms with Gasteiger partial charge in [-0.05, 0) is 19.8 Å². The lowest BCUT2D eigenvalue weighted by Crippen LogP contribution is -2.33. The van der Waals surface area contributed by atoms with Crippen molar-refractivity contribution < 1.29 is 14.1 Å². The van der Waals surface area contributed by atoms with E-state index in [4.69, 9.17) is 9.26 Å². The van der Waals surface area contributed by atoms with Crippen LogP contribution in [-0.2, 0) is 15.1 Å². The number of ether oxygens (including phenoxy) is 1. The number of hydrogen-bond donors (Lipinski definition) is 0. The van der Waals surface area contributed by atoms with Crippen LogP contribution in [0.3, 0.4) is 0 Å². The molecule has 0 aromatic carbocycles. The van der Waals surface area contributed by atoms with Crippen molar-refractivity contribution in [3.8, 4) is 0 Å². The summed E-state index contributed by atoms with van der Waals surface area (Å²) < 4.78 is 11.4.